The molecule has 2 aromatic rings. The predicted octanol–water partition coefficient (Wildman–Crippen LogP) is 4.30. The Morgan fingerprint density at radius 2 is 1.95 bits per heavy atom. The van der Waals surface area contributed by atoms with Crippen molar-refractivity contribution in [3.05, 3.63) is 39.3 Å². The number of ether oxygens (including phenoxy) is 1. The van der Waals surface area contributed by atoms with Crippen LogP contribution in [-0.4, -0.2) is 17.1 Å². The van der Waals surface area contributed by atoms with Gasteiger partial charge in [0.1, 0.15) is 16.2 Å². The monoisotopic (exact) mass is 288 g/mol. The maximum atomic E-state index is 5.56. The van der Waals surface area contributed by atoms with Crippen LogP contribution in [0.15, 0.2) is 12.1 Å². The minimum atomic E-state index is 0.651. The largest absolute Gasteiger partial charge is 0.496 e. The van der Waals surface area contributed by atoms with E-state index in [2.05, 4.69) is 36.8 Å². The number of hydrogen-bond acceptors (Lipinski definition) is 3. The van der Waals surface area contributed by atoms with E-state index in [1.807, 2.05) is 13.0 Å². The molecule has 0 aliphatic carbocycles. The van der Waals surface area contributed by atoms with E-state index in [4.69, 9.17) is 17.0 Å². The summed E-state index contributed by atoms with van der Waals surface area (Å²) in [7, 11) is 1.70. The zero-order valence-corrected chi connectivity index (χ0v) is 13.4. The topological polar surface area (TPSA) is 37.9 Å². The van der Waals surface area contributed by atoms with Crippen molar-refractivity contribution in [2.75, 3.05) is 7.11 Å². The van der Waals surface area contributed by atoms with E-state index in [0.29, 0.717) is 4.64 Å². The molecule has 106 valence electrons. The molecule has 0 saturated carbocycles. The summed E-state index contributed by atoms with van der Waals surface area (Å²) in [6, 6.07) is 4.20. The summed E-state index contributed by atoms with van der Waals surface area (Å²) in [6.07, 6.45) is 0.824. The van der Waals surface area contributed by atoms with Crippen molar-refractivity contribution >= 4 is 12.2 Å². The molecule has 2 rings (SSSR count). The van der Waals surface area contributed by atoms with E-state index in [9.17, 15) is 0 Å². The van der Waals surface area contributed by atoms with Crippen LogP contribution in [0, 0.1) is 25.4 Å². The molecule has 0 atom stereocenters. The molecule has 0 unspecified atom stereocenters. The third kappa shape index (κ3) is 2.61. The van der Waals surface area contributed by atoms with Crippen LogP contribution < -0.4 is 4.74 Å². The summed E-state index contributed by atoms with van der Waals surface area (Å²) in [5.41, 5.74) is 5.42. The van der Waals surface area contributed by atoms with Crippen molar-refractivity contribution < 1.29 is 4.74 Å². The van der Waals surface area contributed by atoms with Gasteiger partial charge >= 0.3 is 0 Å². The average molecular weight is 288 g/mol. The molecular formula is C16H20N2OS. The lowest BCUT2D eigenvalue weighted by Crippen LogP contribution is -2.02. The van der Waals surface area contributed by atoms with E-state index in [0.717, 1.165) is 34.8 Å². The van der Waals surface area contributed by atoms with Crippen LogP contribution in [0.3, 0.4) is 0 Å². The van der Waals surface area contributed by atoms with E-state index in [1.165, 1.54) is 11.1 Å². The van der Waals surface area contributed by atoms with E-state index >= 15 is 0 Å². The predicted molar refractivity (Wildman–Crippen MR) is 85.0 cm³/mol. The molecule has 0 bridgehead atoms. The van der Waals surface area contributed by atoms with Gasteiger partial charge in [-0.1, -0.05) is 25.2 Å². The van der Waals surface area contributed by atoms with Gasteiger partial charge in [-0.25, -0.2) is 4.98 Å². The van der Waals surface area contributed by atoms with Crippen molar-refractivity contribution in [2.45, 2.75) is 34.1 Å². The highest BCUT2D eigenvalue weighted by atomic mass is 32.1. The average Bonchev–Trinajstić information content (AvgIpc) is 2.41. The Kier molecular flexibility index (Phi) is 4.23. The van der Waals surface area contributed by atoms with Crippen molar-refractivity contribution in [3.8, 4) is 17.0 Å². The Bertz CT molecular complexity index is 704. The first-order valence-corrected chi connectivity index (χ1v) is 7.14. The van der Waals surface area contributed by atoms with Crippen LogP contribution in [0.25, 0.3) is 11.3 Å². The molecule has 0 fully saturated rings. The first-order chi connectivity index (χ1) is 9.47. The SMILES string of the molecule is CCc1nc(=S)c(C)c(-c2c(C)cc(C)cc2OC)[nH]1. The number of rotatable bonds is 3. The van der Waals surface area contributed by atoms with Crippen LogP contribution in [-0.2, 0) is 6.42 Å². The van der Waals surface area contributed by atoms with Crippen molar-refractivity contribution in [2.24, 2.45) is 0 Å². The zero-order chi connectivity index (χ0) is 14.9. The van der Waals surface area contributed by atoms with Crippen LogP contribution >= 0.6 is 12.2 Å². The second-order valence-electron chi connectivity index (χ2n) is 5.00. The second-order valence-corrected chi connectivity index (χ2v) is 5.39. The Morgan fingerprint density at radius 1 is 1.25 bits per heavy atom. The lowest BCUT2D eigenvalue weighted by molar-refractivity contribution is 0.415. The number of nitrogens with one attached hydrogen (secondary N) is 1. The lowest BCUT2D eigenvalue weighted by atomic mass is 9.99. The van der Waals surface area contributed by atoms with E-state index in [1.54, 1.807) is 7.11 Å². The van der Waals surface area contributed by atoms with Crippen molar-refractivity contribution in [1.29, 1.82) is 0 Å². The molecule has 1 aromatic heterocycles. The van der Waals surface area contributed by atoms with Crippen molar-refractivity contribution in [1.82, 2.24) is 9.97 Å². The third-order valence-corrected chi connectivity index (χ3v) is 3.85. The highest BCUT2D eigenvalue weighted by Crippen LogP contribution is 2.35. The fraction of sp³-hybridized carbons (Fsp3) is 0.375. The molecule has 3 nitrogen and oxygen atoms in total. The minimum absolute atomic E-state index is 0.651. The fourth-order valence-electron chi connectivity index (χ4n) is 2.41. The van der Waals surface area contributed by atoms with E-state index in [-0.39, 0.29) is 0 Å². The Balaban J connectivity index is 2.80. The number of benzene rings is 1. The number of hydrogen-bond donors (Lipinski definition) is 1. The highest BCUT2D eigenvalue weighted by Gasteiger charge is 2.15. The summed E-state index contributed by atoms with van der Waals surface area (Å²) < 4.78 is 6.21. The molecular weight excluding hydrogens is 268 g/mol. The van der Waals surface area contributed by atoms with Gasteiger partial charge in [0.2, 0.25) is 0 Å². The number of aromatic amines is 1. The maximum Gasteiger partial charge on any atom is 0.133 e. The number of methoxy groups -OCH3 is 1. The third-order valence-electron chi connectivity index (χ3n) is 3.45. The molecule has 0 aliphatic rings. The molecule has 0 amide bonds. The van der Waals surface area contributed by atoms with Crippen LogP contribution in [0.2, 0.25) is 0 Å². The first kappa shape index (κ1) is 14.7. The fourth-order valence-corrected chi connectivity index (χ4v) is 2.62. The standard InChI is InChI=1S/C16H20N2OS/c1-6-13-17-15(11(4)16(20)18-13)14-10(3)7-9(2)8-12(14)19-5/h7-8H,6H2,1-5H3,(H,17,18,20). The molecule has 1 heterocycles. The summed E-state index contributed by atoms with van der Waals surface area (Å²) in [5, 5.41) is 0. The van der Waals surface area contributed by atoms with Crippen LogP contribution in [0.4, 0.5) is 0 Å². The molecule has 0 spiro atoms. The van der Waals surface area contributed by atoms with Gasteiger partial charge in [0, 0.05) is 17.5 Å². The Hall–Kier alpha value is -1.68. The molecule has 0 aliphatic heterocycles. The highest BCUT2D eigenvalue weighted by molar-refractivity contribution is 7.71. The van der Waals surface area contributed by atoms with Gasteiger partial charge in [-0.3, -0.25) is 0 Å². The van der Waals surface area contributed by atoms with Crippen molar-refractivity contribution in [3.63, 3.8) is 0 Å². The number of nitrogens with zero attached hydrogens (tertiary/aromatic N) is 1. The summed E-state index contributed by atoms with van der Waals surface area (Å²) in [5.74, 6) is 1.77. The number of H-pyrrole nitrogens is 1. The zero-order valence-electron chi connectivity index (χ0n) is 12.6. The first-order valence-electron chi connectivity index (χ1n) is 6.73. The van der Waals surface area contributed by atoms with Gasteiger partial charge in [0.05, 0.1) is 12.8 Å². The maximum absolute atomic E-state index is 5.56. The van der Waals surface area contributed by atoms with Gasteiger partial charge in [0.15, 0.2) is 0 Å². The summed E-state index contributed by atoms with van der Waals surface area (Å²) in [4.78, 5) is 7.80. The smallest absolute Gasteiger partial charge is 0.133 e. The molecule has 20 heavy (non-hydrogen) atoms. The molecule has 4 heteroatoms. The van der Waals surface area contributed by atoms with Gasteiger partial charge in [0.25, 0.3) is 0 Å². The molecule has 1 N–H and O–H groups in total. The quantitative estimate of drug-likeness (QED) is 0.856. The molecule has 0 saturated heterocycles. The van der Waals surface area contributed by atoms with Gasteiger partial charge in [-0.2, -0.15) is 0 Å². The second kappa shape index (κ2) is 5.75. The number of aromatic nitrogens is 2. The molecule has 1 aromatic carbocycles. The summed E-state index contributed by atoms with van der Waals surface area (Å²) in [6.45, 7) is 8.22. The van der Waals surface area contributed by atoms with E-state index < -0.39 is 0 Å². The minimum Gasteiger partial charge on any atom is -0.496 e. The lowest BCUT2D eigenvalue weighted by Gasteiger charge is -2.16. The van der Waals surface area contributed by atoms with Crippen LogP contribution in [0.5, 0.6) is 5.75 Å². The van der Waals surface area contributed by atoms with Gasteiger partial charge in [-0.05, 0) is 38.0 Å². The van der Waals surface area contributed by atoms with Gasteiger partial charge < -0.3 is 9.72 Å². The number of aryl methyl sites for hydroxylation is 3. The molecule has 0 radical (unpaired) electrons. The Morgan fingerprint density at radius 3 is 2.55 bits per heavy atom. The summed E-state index contributed by atoms with van der Waals surface area (Å²) >= 11 is 5.37. The normalized spacial score (nSPS) is 10.7. The van der Waals surface area contributed by atoms with Crippen LogP contribution in [0.1, 0.15) is 29.4 Å². The Labute approximate surface area is 125 Å². The van der Waals surface area contributed by atoms with Gasteiger partial charge in [-0.15, -0.1) is 0 Å².